The van der Waals surface area contributed by atoms with Gasteiger partial charge in [-0.2, -0.15) is 0 Å². The van der Waals surface area contributed by atoms with Crippen LogP contribution < -0.4 is 16.6 Å². The Morgan fingerprint density at radius 3 is 2.41 bits per heavy atom. The first kappa shape index (κ1) is 22.1. The molecule has 0 unspecified atom stereocenters. The molecule has 32 heavy (non-hydrogen) atoms. The van der Waals surface area contributed by atoms with E-state index in [2.05, 4.69) is 10.3 Å². The minimum Gasteiger partial charge on any atom is -0.324 e. The summed E-state index contributed by atoms with van der Waals surface area (Å²) in [7, 11) is 0. The molecular formula is C22H15Cl3N4O3. The molecule has 0 bridgehead atoms. The average molecular weight is 490 g/mol. The van der Waals surface area contributed by atoms with Crippen LogP contribution in [0.1, 0.15) is 5.56 Å². The lowest BCUT2D eigenvalue weighted by Crippen LogP contribution is -2.42. The Labute approximate surface area is 196 Å². The van der Waals surface area contributed by atoms with Crippen molar-refractivity contribution < 1.29 is 4.79 Å². The number of hydrogen-bond donors (Lipinski definition) is 1. The van der Waals surface area contributed by atoms with Crippen LogP contribution in [0.3, 0.4) is 0 Å². The quantitative estimate of drug-likeness (QED) is 0.455. The van der Waals surface area contributed by atoms with Gasteiger partial charge < -0.3 is 5.32 Å². The van der Waals surface area contributed by atoms with Crippen molar-refractivity contribution in [3.05, 3.63) is 102 Å². The van der Waals surface area contributed by atoms with E-state index in [0.29, 0.717) is 21.3 Å². The monoisotopic (exact) mass is 488 g/mol. The van der Waals surface area contributed by atoms with E-state index in [1.54, 1.807) is 48.5 Å². The van der Waals surface area contributed by atoms with Gasteiger partial charge in [0.05, 0.1) is 22.1 Å². The predicted octanol–water partition coefficient (Wildman–Crippen LogP) is 4.21. The Hall–Kier alpha value is -3.13. The van der Waals surface area contributed by atoms with Crippen LogP contribution in [-0.4, -0.2) is 20.0 Å². The fourth-order valence-electron chi connectivity index (χ4n) is 3.23. The number of hydrogen-bond acceptors (Lipinski definition) is 4. The largest absolute Gasteiger partial charge is 0.332 e. The number of rotatable bonds is 5. The van der Waals surface area contributed by atoms with Gasteiger partial charge in [0.15, 0.2) is 5.52 Å². The summed E-state index contributed by atoms with van der Waals surface area (Å²) in [6.07, 6.45) is 1.46. The summed E-state index contributed by atoms with van der Waals surface area (Å²) in [5.74, 6) is -0.479. The summed E-state index contributed by atoms with van der Waals surface area (Å²) in [5, 5.41) is 3.85. The first-order valence-electron chi connectivity index (χ1n) is 9.41. The Kier molecular flexibility index (Phi) is 6.32. The molecule has 4 rings (SSSR count). The van der Waals surface area contributed by atoms with Gasteiger partial charge >= 0.3 is 5.69 Å². The molecule has 0 atom stereocenters. The van der Waals surface area contributed by atoms with E-state index >= 15 is 0 Å². The van der Waals surface area contributed by atoms with Gasteiger partial charge in [-0.25, -0.2) is 9.78 Å². The molecule has 1 amide bonds. The van der Waals surface area contributed by atoms with E-state index < -0.39 is 17.2 Å². The van der Waals surface area contributed by atoms with E-state index in [4.69, 9.17) is 34.8 Å². The highest BCUT2D eigenvalue weighted by Crippen LogP contribution is 2.25. The molecule has 162 valence electrons. The molecule has 7 nitrogen and oxygen atoms in total. The zero-order valence-electron chi connectivity index (χ0n) is 16.4. The van der Waals surface area contributed by atoms with Crippen LogP contribution >= 0.6 is 34.8 Å². The van der Waals surface area contributed by atoms with Crippen molar-refractivity contribution in [2.24, 2.45) is 0 Å². The number of carbonyl (C=O) groups excluding carboxylic acids is 1. The molecule has 10 heteroatoms. The van der Waals surface area contributed by atoms with Crippen molar-refractivity contribution in [2.75, 3.05) is 5.32 Å². The second-order valence-electron chi connectivity index (χ2n) is 6.93. The molecule has 0 fully saturated rings. The number of amides is 1. The van der Waals surface area contributed by atoms with Crippen molar-refractivity contribution in [3.8, 4) is 0 Å². The van der Waals surface area contributed by atoms with Crippen molar-refractivity contribution in [2.45, 2.75) is 13.1 Å². The SMILES string of the molecule is O=C(Cn1c(=O)n(Cc2ccc(Cl)cc2)c(=O)c2ncccc21)Nc1ccc(Cl)c(Cl)c1. The van der Waals surface area contributed by atoms with Gasteiger partial charge in [-0.3, -0.25) is 18.7 Å². The zero-order valence-corrected chi connectivity index (χ0v) is 18.7. The third-order valence-electron chi connectivity index (χ3n) is 4.75. The highest BCUT2D eigenvalue weighted by Gasteiger charge is 2.17. The molecule has 0 spiro atoms. The second kappa shape index (κ2) is 9.16. The molecule has 2 aromatic carbocycles. The van der Waals surface area contributed by atoms with E-state index in [9.17, 15) is 14.4 Å². The lowest BCUT2D eigenvalue weighted by atomic mass is 10.2. The van der Waals surface area contributed by atoms with E-state index in [-0.39, 0.29) is 29.1 Å². The van der Waals surface area contributed by atoms with Crippen molar-refractivity contribution in [1.29, 1.82) is 0 Å². The number of aromatic nitrogens is 3. The molecule has 0 saturated heterocycles. The van der Waals surface area contributed by atoms with Crippen LogP contribution in [0.15, 0.2) is 70.4 Å². The van der Waals surface area contributed by atoms with Crippen molar-refractivity contribution in [3.63, 3.8) is 0 Å². The third kappa shape index (κ3) is 4.55. The number of nitrogens with one attached hydrogen (secondary N) is 1. The molecule has 1 N–H and O–H groups in total. The van der Waals surface area contributed by atoms with Crippen LogP contribution in [0.5, 0.6) is 0 Å². The molecule has 4 aromatic rings. The van der Waals surface area contributed by atoms with Crippen LogP contribution in [0, 0.1) is 0 Å². The molecular weight excluding hydrogens is 475 g/mol. The summed E-state index contributed by atoms with van der Waals surface area (Å²) in [6.45, 7) is -0.321. The maximum absolute atomic E-state index is 13.2. The van der Waals surface area contributed by atoms with Gasteiger partial charge in [0.1, 0.15) is 6.54 Å². The maximum Gasteiger partial charge on any atom is 0.332 e. The smallest absolute Gasteiger partial charge is 0.324 e. The molecule has 0 aliphatic heterocycles. The summed E-state index contributed by atoms with van der Waals surface area (Å²) in [6, 6.07) is 14.6. The Morgan fingerprint density at radius 1 is 0.938 bits per heavy atom. The first-order chi connectivity index (χ1) is 15.3. The van der Waals surface area contributed by atoms with Crippen LogP contribution in [-0.2, 0) is 17.9 Å². The highest BCUT2D eigenvalue weighted by molar-refractivity contribution is 6.42. The topological polar surface area (TPSA) is 86.0 Å². The summed E-state index contributed by atoms with van der Waals surface area (Å²) in [5.41, 5.74) is 0.309. The second-order valence-corrected chi connectivity index (χ2v) is 8.19. The molecule has 0 aliphatic rings. The Bertz CT molecular complexity index is 1450. The summed E-state index contributed by atoms with van der Waals surface area (Å²) < 4.78 is 2.26. The standard InChI is InChI=1S/C22H15Cl3N4O3/c23-14-5-3-13(4-6-14)11-29-21(31)20-18(2-1-9-26-20)28(22(29)32)12-19(30)27-15-7-8-16(24)17(25)10-15/h1-10H,11-12H2,(H,27,30). The average Bonchev–Trinajstić information content (AvgIpc) is 2.78. The van der Waals surface area contributed by atoms with Crippen molar-refractivity contribution >= 4 is 57.4 Å². The van der Waals surface area contributed by atoms with Gasteiger partial charge in [0, 0.05) is 16.9 Å². The zero-order chi connectivity index (χ0) is 22.8. The normalized spacial score (nSPS) is 11.0. The number of nitrogens with zero attached hydrogens (tertiary/aromatic N) is 3. The lowest BCUT2D eigenvalue weighted by molar-refractivity contribution is -0.116. The molecule has 0 aliphatic carbocycles. The number of fused-ring (bicyclic) bond motifs is 1. The Balaban J connectivity index is 1.73. The molecule has 0 radical (unpaired) electrons. The third-order valence-corrected chi connectivity index (χ3v) is 5.74. The summed E-state index contributed by atoms with van der Waals surface area (Å²) >= 11 is 17.8. The van der Waals surface area contributed by atoms with Crippen LogP contribution in [0.25, 0.3) is 11.0 Å². The van der Waals surface area contributed by atoms with Gasteiger partial charge in [-0.1, -0.05) is 46.9 Å². The van der Waals surface area contributed by atoms with E-state index in [0.717, 1.165) is 4.57 Å². The number of carbonyl (C=O) groups is 1. The molecule has 0 saturated carbocycles. The minimum atomic E-state index is -0.630. The van der Waals surface area contributed by atoms with Crippen molar-refractivity contribution in [1.82, 2.24) is 14.1 Å². The first-order valence-corrected chi connectivity index (χ1v) is 10.5. The predicted molar refractivity (Wildman–Crippen MR) is 126 cm³/mol. The lowest BCUT2D eigenvalue weighted by Gasteiger charge is -2.14. The number of benzene rings is 2. The van der Waals surface area contributed by atoms with E-state index in [1.165, 1.54) is 16.8 Å². The fourth-order valence-corrected chi connectivity index (χ4v) is 3.65. The summed E-state index contributed by atoms with van der Waals surface area (Å²) in [4.78, 5) is 43.0. The van der Waals surface area contributed by atoms with E-state index in [1.807, 2.05) is 0 Å². The molecule has 2 aromatic heterocycles. The number of halogens is 3. The van der Waals surface area contributed by atoms with Crippen LogP contribution in [0.2, 0.25) is 15.1 Å². The number of pyridine rings is 1. The highest BCUT2D eigenvalue weighted by atomic mass is 35.5. The molecule has 2 heterocycles. The van der Waals surface area contributed by atoms with Gasteiger partial charge in [-0.15, -0.1) is 0 Å². The maximum atomic E-state index is 13.2. The van der Waals surface area contributed by atoms with Gasteiger partial charge in [0.2, 0.25) is 5.91 Å². The number of anilines is 1. The fraction of sp³-hybridized carbons (Fsp3) is 0.0909. The van der Waals surface area contributed by atoms with Crippen LogP contribution in [0.4, 0.5) is 5.69 Å². The minimum absolute atomic E-state index is 0.00968. The van der Waals surface area contributed by atoms with Gasteiger partial charge in [-0.05, 0) is 48.0 Å². The van der Waals surface area contributed by atoms with Gasteiger partial charge in [0.25, 0.3) is 5.56 Å². The Morgan fingerprint density at radius 2 is 1.69 bits per heavy atom.